The molecule has 0 aliphatic heterocycles. The lowest BCUT2D eigenvalue weighted by molar-refractivity contribution is 0.319. The number of halogens is 1. The van der Waals surface area contributed by atoms with Crippen LogP contribution in [0.2, 0.25) is 0 Å². The van der Waals surface area contributed by atoms with Gasteiger partial charge in [-0.2, -0.15) is 0 Å². The van der Waals surface area contributed by atoms with Crippen LogP contribution >= 0.6 is 11.6 Å². The zero-order valence-corrected chi connectivity index (χ0v) is 6.36. The Bertz CT molecular complexity index is 93.1. The molecule has 1 N–H and O–H groups in total. The van der Waals surface area contributed by atoms with Crippen LogP contribution in [0.5, 0.6) is 0 Å². The van der Waals surface area contributed by atoms with Crippen molar-refractivity contribution in [3.8, 4) is 0 Å². The highest BCUT2D eigenvalue weighted by atomic mass is 35.5. The third-order valence-electron chi connectivity index (χ3n) is 1.10. The molecule has 0 aromatic carbocycles. The first-order valence-electron chi connectivity index (χ1n) is 3.17. The van der Waals surface area contributed by atoms with Gasteiger partial charge in [0.1, 0.15) is 5.17 Å². The quantitative estimate of drug-likeness (QED) is 0.283. The minimum absolute atomic E-state index is 0.309. The predicted molar refractivity (Wildman–Crippen MR) is 39.2 cm³/mol. The fourth-order valence-electron chi connectivity index (χ4n) is 0.571. The molecule has 0 saturated heterocycles. The standard InChI is InChI=1S/C6H12ClNO/c1-2-3-4-5-6(7)8-9/h9H,2-5H2,1H3. The zero-order valence-electron chi connectivity index (χ0n) is 5.60. The van der Waals surface area contributed by atoms with Gasteiger partial charge in [-0.3, -0.25) is 0 Å². The van der Waals surface area contributed by atoms with Gasteiger partial charge in [-0.15, -0.1) is 0 Å². The van der Waals surface area contributed by atoms with Crippen LogP contribution in [0, 0.1) is 0 Å². The molecule has 0 amide bonds. The van der Waals surface area contributed by atoms with Gasteiger partial charge in [-0.05, 0) is 6.42 Å². The molecule has 0 aliphatic rings. The molecule has 54 valence electrons. The lowest BCUT2D eigenvalue weighted by Crippen LogP contribution is -1.86. The van der Waals surface area contributed by atoms with E-state index >= 15 is 0 Å². The summed E-state index contributed by atoms with van der Waals surface area (Å²) in [6.45, 7) is 2.12. The third-order valence-corrected chi connectivity index (χ3v) is 1.36. The first kappa shape index (κ1) is 8.76. The van der Waals surface area contributed by atoms with E-state index in [1.165, 1.54) is 0 Å². The number of hydrogen-bond acceptors (Lipinski definition) is 2. The van der Waals surface area contributed by atoms with Crippen LogP contribution in [0.25, 0.3) is 0 Å². The summed E-state index contributed by atoms with van der Waals surface area (Å²) in [4.78, 5) is 0. The van der Waals surface area contributed by atoms with E-state index in [-0.39, 0.29) is 0 Å². The maximum atomic E-state index is 8.09. The van der Waals surface area contributed by atoms with Crippen molar-refractivity contribution in [1.82, 2.24) is 0 Å². The second kappa shape index (κ2) is 5.89. The number of nitrogens with zero attached hydrogens (tertiary/aromatic N) is 1. The summed E-state index contributed by atoms with van der Waals surface area (Å²) in [6, 6.07) is 0. The Labute approximate surface area is 60.5 Å². The van der Waals surface area contributed by atoms with Crippen LogP contribution in [-0.4, -0.2) is 10.4 Å². The van der Waals surface area contributed by atoms with Crippen molar-refractivity contribution in [2.45, 2.75) is 32.6 Å². The first-order chi connectivity index (χ1) is 4.31. The Hall–Kier alpha value is -0.240. The Kier molecular flexibility index (Phi) is 5.73. The smallest absolute Gasteiger partial charge is 0.145 e. The van der Waals surface area contributed by atoms with E-state index in [9.17, 15) is 0 Å². The molecular weight excluding hydrogens is 138 g/mol. The van der Waals surface area contributed by atoms with Crippen molar-refractivity contribution >= 4 is 16.8 Å². The van der Waals surface area contributed by atoms with Crippen molar-refractivity contribution in [2.24, 2.45) is 5.16 Å². The maximum Gasteiger partial charge on any atom is 0.145 e. The van der Waals surface area contributed by atoms with Crippen LogP contribution in [0.15, 0.2) is 5.16 Å². The largest absolute Gasteiger partial charge is 0.410 e. The second-order valence-corrected chi connectivity index (χ2v) is 2.37. The number of unbranched alkanes of at least 4 members (excludes halogenated alkanes) is 2. The Balaban J connectivity index is 3.07. The summed E-state index contributed by atoms with van der Waals surface area (Å²) in [7, 11) is 0. The molecule has 0 atom stereocenters. The number of hydrogen-bond donors (Lipinski definition) is 1. The van der Waals surface area contributed by atoms with Gasteiger partial charge >= 0.3 is 0 Å². The lowest BCUT2D eigenvalue weighted by Gasteiger charge is -1.92. The molecular formula is C6H12ClNO. The highest BCUT2D eigenvalue weighted by molar-refractivity contribution is 6.65. The van der Waals surface area contributed by atoms with E-state index in [0.717, 1.165) is 19.3 Å². The summed E-state index contributed by atoms with van der Waals surface area (Å²) in [5.74, 6) is 0. The van der Waals surface area contributed by atoms with E-state index in [4.69, 9.17) is 16.8 Å². The first-order valence-corrected chi connectivity index (χ1v) is 3.55. The summed E-state index contributed by atoms with van der Waals surface area (Å²) in [6.07, 6.45) is 4.02. The molecule has 0 heterocycles. The Morgan fingerprint density at radius 3 is 2.67 bits per heavy atom. The van der Waals surface area contributed by atoms with Crippen molar-refractivity contribution < 1.29 is 5.21 Å². The van der Waals surface area contributed by atoms with Crippen LogP contribution in [0.1, 0.15) is 32.6 Å². The Morgan fingerprint density at radius 2 is 2.22 bits per heavy atom. The van der Waals surface area contributed by atoms with Crippen molar-refractivity contribution in [2.75, 3.05) is 0 Å². The molecule has 0 spiro atoms. The van der Waals surface area contributed by atoms with Crippen LogP contribution < -0.4 is 0 Å². The molecule has 0 radical (unpaired) electrons. The predicted octanol–water partition coefficient (Wildman–Crippen LogP) is 2.59. The van der Waals surface area contributed by atoms with Gasteiger partial charge in [0.15, 0.2) is 0 Å². The molecule has 0 aromatic heterocycles. The Morgan fingerprint density at radius 1 is 1.56 bits per heavy atom. The average Bonchev–Trinajstić information content (AvgIpc) is 1.89. The average molecular weight is 150 g/mol. The topological polar surface area (TPSA) is 32.6 Å². The van der Waals surface area contributed by atoms with Gasteiger partial charge in [-0.25, -0.2) is 0 Å². The molecule has 0 unspecified atom stereocenters. The summed E-state index contributed by atoms with van der Waals surface area (Å²) < 4.78 is 0. The normalized spacial score (nSPS) is 12.0. The molecule has 0 aromatic rings. The summed E-state index contributed by atoms with van der Waals surface area (Å²) in [5, 5.41) is 11.2. The number of oxime groups is 1. The van der Waals surface area contributed by atoms with Gasteiger partial charge in [0.05, 0.1) is 0 Å². The molecule has 0 rings (SSSR count). The van der Waals surface area contributed by atoms with Gasteiger partial charge in [-0.1, -0.05) is 36.5 Å². The molecule has 0 bridgehead atoms. The van der Waals surface area contributed by atoms with Crippen molar-refractivity contribution in [1.29, 1.82) is 0 Å². The van der Waals surface area contributed by atoms with Crippen LogP contribution in [0.3, 0.4) is 0 Å². The fraction of sp³-hybridized carbons (Fsp3) is 0.833. The van der Waals surface area contributed by atoms with Crippen molar-refractivity contribution in [3.63, 3.8) is 0 Å². The zero-order chi connectivity index (χ0) is 7.11. The molecule has 3 heteroatoms. The SMILES string of the molecule is CCCCCC(Cl)=NO. The van der Waals surface area contributed by atoms with Crippen molar-refractivity contribution in [3.05, 3.63) is 0 Å². The van der Waals surface area contributed by atoms with E-state index in [0.29, 0.717) is 11.6 Å². The van der Waals surface area contributed by atoms with Gasteiger partial charge in [0.25, 0.3) is 0 Å². The maximum absolute atomic E-state index is 8.09. The highest BCUT2D eigenvalue weighted by Gasteiger charge is 1.92. The monoisotopic (exact) mass is 149 g/mol. The number of rotatable bonds is 4. The minimum Gasteiger partial charge on any atom is -0.410 e. The summed E-state index contributed by atoms with van der Waals surface area (Å²) in [5.41, 5.74) is 0. The van der Waals surface area contributed by atoms with E-state index in [2.05, 4.69) is 12.1 Å². The van der Waals surface area contributed by atoms with Crippen LogP contribution in [0.4, 0.5) is 0 Å². The van der Waals surface area contributed by atoms with E-state index in [1.807, 2.05) is 0 Å². The van der Waals surface area contributed by atoms with E-state index in [1.54, 1.807) is 0 Å². The summed E-state index contributed by atoms with van der Waals surface area (Å²) >= 11 is 5.40. The van der Waals surface area contributed by atoms with Gasteiger partial charge in [0.2, 0.25) is 0 Å². The molecule has 0 fully saturated rings. The van der Waals surface area contributed by atoms with Gasteiger partial charge < -0.3 is 5.21 Å². The second-order valence-electron chi connectivity index (χ2n) is 1.93. The van der Waals surface area contributed by atoms with Gasteiger partial charge in [0, 0.05) is 6.42 Å². The molecule has 0 saturated carbocycles. The van der Waals surface area contributed by atoms with E-state index < -0.39 is 0 Å². The third kappa shape index (κ3) is 5.63. The highest BCUT2D eigenvalue weighted by Crippen LogP contribution is 2.02. The van der Waals surface area contributed by atoms with Crippen LogP contribution in [-0.2, 0) is 0 Å². The minimum atomic E-state index is 0.309. The fourth-order valence-corrected chi connectivity index (χ4v) is 0.705. The molecule has 9 heavy (non-hydrogen) atoms. The molecule has 0 aliphatic carbocycles. The lowest BCUT2D eigenvalue weighted by atomic mass is 10.2. The molecule has 2 nitrogen and oxygen atoms in total.